The van der Waals surface area contributed by atoms with Gasteiger partial charge in [-0.1, -0.05) is 6.58 Å². The summed E-state index contributed by atoms with van der Waals surface area (Å²) in [7, 11) is -6.72. The van der Waals surface area contributed by atoms with E-state index >= 15 is 0 Å². The predicted molar refractivity (Wildman–Crippen MR) is 87.8 cm³/mol. The van der Waals surface area contributed by atoms with Crippen molar-refractivity contribution in [1.82, 2.24) is 5.32 Å². The van der Waals surface area contributed by atoms with E-state index in [0.717, 1.165) is 6.92 Å². The van der Waals surface area contributed by atoms with Gasteiger partial charge in [-0.2, -0.15) is 30.7 Å². The molecule has 0 bridgehead atoms. The van der Waals surface area contributed by atoms with Crippen LogP contribution in [0.2, 0.25) is 0 Å². The molecular weight excluding hydrogens is 471 g/mol. The minimum Gasteiger partial charge on any atom is -0.743 e. The normalized spacial score (nSPS) is 15.2. The zero-order valence-corrected chi connectivity index (χ0v) is 17.0. The fraction of sp³-hybridized carbons (Fsp3) is 0.733. The van der Waals surface area contributed by atoms with E-state index in [2.05, 4.69) is 16.1 Å². The standard InChI is InChI=1S/C15H20F7NO7S/c1-4-23-11(25)13(14(18,19)20,30-10(24)9(2)3)29-8-6-5-7-12(16,17)15(21,22)31(26,27)28/h2,4-8H2,1,3H3,(H,23,25)(H,26,27,28)/p-1. The highest BCUT2D eigenvalue weighted by Gasteiger charge is 2.66. The van der Waals surface area contributed by atoms with Crippen molar-refractivity contribution in [3.05, 3.63) is 12.2 Å². The van der Waals surface area contributed by atoms with Crippen molar-refractivity contribution in [2.24, 2.45) is 0 Å². The number of hydrogen-bond acceptors (Lipinski definition) is 7. The molecule has 1 unspecified atom stereocenters. The molecule has 0 radical (unpaired) electrons. The molecule has 0 aromatic heterocycles. The van der Waals surface area contributed by atoms with Gasteiger partial charge in [0.15, 0.2) is 10.1 Å². The SMILES string of the molecule is C=C(C)C(=O)OC(OCCCCC(F)(F)C(F)(F)S(=O)(=O)[O-])(C(=O)NCC)C(F)(F)F. The Morgan fingerprint density at radius 3 is 1.97 bits per heavy atom. The summed E-state index contributed by atoms with van der Waals surface area (Å²) in [6.45, 7) is 3.69. The number of likely N-dealkylation sites (N-methyl/N-ethyl adjacent to an activating group) is 1. The molecule has 0 aromatic carbocycles. The maximum atomic E-state index is 13.5. The lowest BCUT2D eigenvalue weighted by Gasteiger charge is -2.33. The van der Waals surface area contributed by atoms with Crippen molar-refractivity contribution in [1.29, 1.82) is 0 Å². The van der Waals surface area contributed by atoms with Crippen LogP contribution in [0.1, 0.15) is 33.1 Å². The zero-order valence-electron chi connectivity index (χ0n) is 16.2. The van der Waals surface area contributed by atoms with Crippen LogP contribution in [0, 0.1) is 0 Å². The molecule has 0 heterocycles. The van der Waals surface area contributed by atoms with Gasteiger partial charge in [-0.05, 0) is 26.7 Å². The molecule has 0 aliphatic rings. The number of nitrogens with one attached hydrogen (secondary N) is 1. The highest BCUT2D eigenvalue weighted by molar-refractivity contribution is 7.86. The summed E-state index contributed by atoms with van der Waals surface area (Å²) in [6.07, 6.45) is -9.44. The second-order valence-electron chi connectivity index (χ2n) is 6.12. The minimum atomic E-state index is -6.72. The minimum absolute atomic E-state index is 0.352. The molecule has 0 aromatic rings. The Morgan fingerprint density at radius 1 is 1.06 bits per heavy atom. The Labute approximate surface area is 172 Å². The number of carbonyl (C=O) groups excluding carboxylic acids is 2. The van der Waals surface area contributed by atoms with E-state index in [-0.39, 0.29) is 6.54 Å². The van der Waals surface area contributed by atoms with E-state index in [1.165, 1.54) is 6.92 Å². The number of ether oxygens (including phenoxy) is 2. The first kappa shape index (κ1) is 29.1. The highest BCUT2D eigenvalue weighted by Crippen LogP contribution is 2.42. The number of esters is 1. The van der Waals surface area contributed by atoms with Crippen molar-refractivity contribution in [3.8, 4) is 0 Å². The van der Waals surface area contributed by atoms with Crippen LogP contribution in [0.4, 0.5) is 30.7 Å². The summed E-state index contributed by atoms with van der Waals surface area (Å²) < 4.78 is 133. The highest BCUT2D eigenvalue weighted by atomic mass is 32.2. The van der Waals surface area contributed by atoms with E-state index < -0.39 is 76.6 Å². The fourth-order valence-electron chi connectivity index (χ4n) is 1.90. The maximum Gasteiger partial charge on any atom is 0.466 e. The first-order chi connectivity index (χ1) is 13.8. The van der Waals surface area contributed by atoms with Crippen molar-refractivity contribution < 1.29 is 62.8 Å². The molecule has 0 saturated heterocycles. The molecule has 0 fully saturated rings. The van der Waals surface area contributed by atoms with Crippen molar-refractivity contribution in [2.75, 3.05) is 13.2 Å². The van der Waals surface area contributed by atoms with Crippen molar-refractivity contribution >= 4 is 22.0 Å². The topological polar surface area (TPSA) is 122 Å². The van der Waals surface area contributed by atoms with Gasteiger partial charge in [0.05, 0.1) is 6.61 Å². The Bertz CT molecular complexity index is 783. The van der Waals surface area contributed by atoms with E-state index in [9.17, 15) is 53.3 Å². The Hall–Kier alpha value is -1.94. The van der Waals surface area contributed by atoms with E-state index in [4.69, 9.17) is 0 Å². The molecule has 1 atom stereocenters. The first-order valence-electron chi connectivity index (χ1n) is 8.35. The molecule has 0 aliphatic heterocycles. The number of amides is 1. The van der Waals surface area contributed by atoms with Gasteiger partial charge in [-0.3, -0.25) is 4.79 Å². The Kier molecular flexibility index (Phi) is 9.49. The Balaban J connectivity index is 5.44. The molecule has 1 amide bonds. The number of alkyl halides is 7. The number of hydrogen-bond donors (Lipinski definition) is 1. The quantitative estimate of drug-likeness (QED) is 0.111. The van der Waals surface area contributed by atoms with Crippen LogP contribution in [0.3, 0.4) is 0 Å². The second-order valence-corrected chi connectivity index (χ2v) is 7.55. The number of halogens is 7. The van der Waals surface area contributed by atoms with Gasteiger partial charge in [-0.25, -0.2) is 13.2 Å². The van der Waals surface area contributed by atoms with E-state index in [1.54, 1.807) is 5.32 Å². The third kappa shape index (κ3) is 6.77. The van der Waals surface area contributed by atoms with Crippen LogP contribution in [0.25, 0.3) is 0 Å². The van der Waals surface area contributed by atoms with Gasteiger partial charge in [0.2, 0.25) is 0 Å². The summed E-state index contributed by atoms with van der Waals surface area (Å²) >= 11 is 0. The van der Waals surface area contributed by atoms with Crippen molar-refractivity contribution in [3.63, 3.8) is 0 Å². The largest absolute Gasteiger partial charge is 0.743 e. The third-order valence-electron chi connectivity index (χ3n) is 3.52. The smallest absolute Gasteiger partial charge is 0.466 e. The summed E-state index contributed by atoms with van der Waals surface area (Å²) in [4.78, 5) is 23.5. The van der Waals surface area contributed by atoms with Crippen molar-refractivity contribution in [2.45, 2.75) is 56.3 Å². The van der Waals surface area contributed by atoms with Crippen LogP contribution < -0.4 is 5.32 Å². The molecule has 0 aliphatic carbocycles. The second kappa shape index (κ2) is 10.1. The molecule has 8 nitrogen and oxygen atoms in total. The fourth-order valence-corrected chi connectivity index (χ4v) is 2.37. The van der Waals surface area contributed by atoms with Gasteiger partial charge in [0.25, 0.3) is 0 Å². The van der Waals surface area contributed by atoms with Gasteiger partial charge in [0, 0.05) is 18.5 Å². The van der Waals surface area contributed by atoms with Crippen LogP contribution in [0.15, 0.2) is 12.2 Å². The van der Waals surface area contributed by atoms with Gasteiger partial charge in [-0.15, -0.1) is 0 Å². The molecule has 0 rings (SSSR count). The number of rotatable bonds is 12. The average Bonchev–Trinajstić information content (AvgIpc) is 2.57. The molecule has 1 N–H and O–H groups in total. The zero-order chi connectivity index (χ0) is 24.9. The molecule has 16 heteroatoms. The molecule has 0 saturated carbocycles. The average molecular weight is 490 g/mol. The van der Waals surface area contributed by atoms with Gasteiger partial charge in [0.1, 0.15) is 0 Å². The van der Waals surface area contributed by atoms with Gasteiger partial charge >= 0.3 is 35.0 Å². The summed E-state index contributed by atoms with van der Waals surface area (Å²) in [5.74, 6) is -13.1. The monoisotopic (exact) mass is 490 g/mol. The van der Waals surface area contributed by atoms with Gasteiger partial charge < -0.3 is 19.3 Å². The molecular formula is C15H19F7NO7S-. The van der Waals surface area contributed by atoms with Crippen LogP contribution >= 0.6 is 0 Å². The van der Waals surface area contributed by atoms with E-state index in [0.29, 0.717) is 0 Å². The molecule has 182 valence electrons. The third-order valence-corrected chi connectivity index (χ3v) is 4.45. The Morgan fingerprint density at radius 2 is 1.58 bits per heavy atom. The molecule has 31 heavy (non-hydrogen) atoms. The van der Waals surface area contributed by atoms with Crippen LogP contribution in [-0.4, -0.2) is 61.1 Å². The molecule has 0 spiro atoms. The van der Waals surface area contributed by atoms with Crippen LogP contribution in [-0.2, 0) is 29.2 Å². The summed E-state index contributed by atoms with van der Waals surface area (Å²) in [5, 5.41) is -4.22. The summed E-state index contributed by atoms with van der Waals surface area (Å²) in [6, 6.07) is 0. The lowest BCUT2D eigenvalue weighted by molar-refractivity contribution is -0.347. The van der Waals surface area contributed by atoms with Crippen LogP contribution in [0.5, 0.6) is 0 Å². The number of carbonyl (C=O) groups is 2. The maximum absolute atomic E-state index is 13.5. The lowest BCUT2D eigenvalue weighted by atomic mass is 10.1. The number of unbranched alkanes of at least 4 members (excludes halogenated alkanes) is 1. The first-order valence-corrected chi connectivity index (χ1v) is 9.76. The van der Waals surface area contributed by atoms with E-state index in [1.807, 2.05) is 0 Å². The predicted octanol–water partition coefficient (Wildman–Crippen LogP) is 2.46. The lowest BCUT2D eigenvalue weighted by Crippen LogP contribution is -2.61. The summed E-state index contributed by atoms with van der Waals surface area (Å²) in [5.41, 5.74) is -0.540.